The highest BCUT2D eigenvalue weighted by Gasteiger charge is 2.07. The molecule has 0 heterocycles. The summed E-state index contributed by atoms with van der Waals surface area (Å²) in [5.74, 6) is -0.575. The van der Waals surface area contributed by atoms with Gasteiger partial charge in [-0.25, -0.2) is 10.9 Å². The molecule has 2 N–H and O–H groups in total. The summed E-state index contributed by atoms with van der Waals surface area (Å²) in [6.07, 6.45) is 3.25. The number of amides is 2. The molecule has 184 valence electrons. The largest absolute Gasteiger partial charge is 0.271 e. The van der Waals surface area contributed by atoms with E-state index in [1.54, 1.807) is 36.7 Å². The van der Waals surface area contributed by atoms with Crippen molar-refractivity contribution >= 4 is 24.2 Å². The summed E-state index contributed by atoms with van der Waals surface area (Å²) in [6.45, 7) is 6.09. The van der Waals surface area contributed by atoms with E-state index < -0.39 is 0 Å². The SMILES string of the molecule is Cc1cccc(/C=N/NC(=O)c2ccc(-c3ccc(C(=O)N/N=C/c4ccc(C)c(C)c4)cc3)cc2)c1. The molecule has 4 rings (SSSR count). The van der Waals surface area contributed by atoms with Crippen molar-refractivity contribution in [2.45, 2.75) is 20.8 Å². The third-order valence-corrected chi connectivity index (χ3v) is 5.96. The molecule has 6 nitrogen and oxygen atoms in total. The smallest absolute Gasteiger partial charge is 0.267 e. The monoisotopic (exact) mass is 488 g/mol. The number of carbonyl (C=O) groups excluding carboxylic acids is 2. The molecule has 0 aliphatic rings. The van der Waals surface area contributed by atoms with Crippen LogP contribution in [0.1, 0.15) is 48.5 Å². The van der Waals surface area contributed by atoms with Crippen molar-refractivity contribution in [3.63, 3.8) is 0 Å². The van der Waals surface area contributed by atoms with Crippen molar-refractivity contribution in [2.75, 3.05) is 0 Å². The van der Waals surface area contributed by atoms with Crippen LogP contribution < -0.4 is 10.9 Å². The number of hydrogen-bond acceptors (Lipinski definition) is 4. The van der Waals surface area contributed by atoms with Gasteiger partial charge in [0.05, 0.1) is 12.4 Å². The standard InChI is InChI=1S/C31H28N4O2/c1-21-5-4-6-24(17-21)19-32-34-30(36)28-13-9-26(10-14-28)27-11-15-29(16-12-27)31(37)35-33-20-25-8-7-22(2)23(3)18-25/h4-20H,1-3H3,(H,34,36)(H,35,37)/b32-19+,33-20+. The van der Waals surface area contributed by atoms with Gasteiger partial charge in [0.15, 0.2) is 0 Å². The second-order valence-electron chi connectivity index (χ2n) is 8.81. The van der Waals surface area contributed by atoms with E-state index >= 15 is 0 Å². The average molecular weight is 489 g/mol. The number of hydrogen-bond donors (Lipinski definition) is 2. The molecular weight excluding hydrogens is 460 g/mol. The molecule has 0 unspecified atom stereocenters. The minimum absolute atomic E-state index is 0.287. The summed E-state index contributed by atoms with van der Waals surface area (Å²) in [7, 11) is 0. The molecule has 4 aromatic rings. The average Bonchev–Trinajstić information content (AvgIpc) is 2.91. The van der Waals surface area contributed by atoms with E-state index in [9.17, 15) is 9.59 Å². The Balaban J connectivity index is 1.33. The Bertz CT molecular complexity index is 1470. The van der Waals surface area contributed by atoms with Gasteiger partial charge < -0.3 is 0 Å². The van der Waals surface area contributed by atoms with Gasteiger partial charge in [0, 0.05) is 11.1 Å². The molecular formula is C31H28N4O2. The van der Waals surface area contributed by atoms with Gasteiger partial charge in [-0.05, 0) is 78.4 Å². The Hall–Kier alpha value is -4.84. The van der Waals surface area contributed by atoms with Crippen LogP contribution in [0.2, 0.25) is 0 Å². The molecule has 0 spiro atoms. The quantitative estimate of drug-likeness (QED) is 0.254. The van der Waals surface area contributed by atoms with Crippen LogP contribution in [0.15, 0.2) is 101 Å². The summed E-state index contributed by atoms with van der Waals surface area (Å²) < 4.78 is 0. The lowest BCUT2D eigenvalue weighted by molar-refractivity contribution is 0.0947. The third kappa shape index (κ3) is 6.86. The molecule has 0 saturated carbocycles. The molecule has 6 heteroatoms. The van der Waals surface area contributed by atoms with Crippen molar-refractivity contribution in [3.05, 3.63) is 130 Å². The van der Waals surface area contributed by atoms with Crippen LogP contribution in [-0.4, -0.2) is 24.2 Å². The predicted octanol–water partition coefficient (Wildman–Crippen LogP) is 5.81. The molecule has 0 aliphatic carbocycles. The molecule has 2 amide bonds. The zero-order valence-electron chi connectivity index (χ0n) is 21.0. The van der Waals surface area contributed by atoms with Gasteiger partial charge in [-0.2, -0.15) is 10.2 Å². The zero-order valence-corrected chi connectivity index (χ0v) is 21.0. The Kier molecular flexibility index (Phi) is 8.01. The molecule has 0 saturated heterocycles. The van der Waals surface area contributed by atoms with Gasteiger partial charge in [-0.3, -0.25) is 9.59 Å². The Morgan fingerprint density at radius 2 is 1.11 bits per heavy atom. The first-order valence-electron chi connectivity index (χ1n) is 11.9. The van der Waals surface area contributed by atoms with Crippen LogP contribution in [0.25, 0.3) is 11.1 Å². The molecule has 4 aromatic carbocycles. The van der Waals surface area contributed by atoms with Crippen molar-refractivity contribution < 1.29 is 9.59 Å². The van der Waals surface area contributed by atoms with Gasteiger partial charge in [-0.15, -0.1) is 0 Å². The Morgan fingerprint density at radius 3 is 1.59 bits per heavy atom. The lowest BCUT2D eigenvalue weighted by atomic mass is 10.0. The number of carbonyl (C=O) groups is 2. The maximum absolute atomic E-state index is 12.4. The second-order valence-corrected chi connectivity index (χ2v) is 8.81. The maximum Gasteiger partial charge on any atom is 0.271 e. The number of rotatable bonds is 7. The predicted molar refractivity (Wildman–Crippen MR) is 149 cm³/mol. The van der Waals surface area contributed by atoms with E-state index in [-0.39, 0.29) is 11.8 Å². The van der Waals surface area contributed by atoms with Gasteiger partial charge in [-0.1, -0.05) is 72.3 Å². The zero-order chi connectivity index (χ0) is 26.2. The molecule has 0 fully saturated rings. The van der Waals surface area contributed by atoms with Crippen LogP contribution in [0.5, 0.6) is 0 Å². The van der Waals surface area contributed by atoms with E-state index in [1.165, 1.54) is 11.1 Å². The first kappa shape index (κ1) is 25.3. The maximum atomic E-state index is 12.4. The first-order chi connectivity index (χ1) is 17.9. The van der Waals surface area contributed by atoms with Gasteiger partial charge >= 0.3 is 0 Å². The fourth-order valence-corrected chi connectivity index (χ4v) is 3.68. The number of nitrogens with zero attached hydrogens (tertiary/aromatic N) is 2. The van der Waals surface area contributed by atoms with E-state index in [4.69, 9.17) is 0 Å². The Labute approximate surface area is 216 Å². The fraction of sp³-hybridized carbons (Fsp3) is 0.0968. The number of benzene rings is 4. The minimum Gasteiger partial charge on any atom is -0.267 e. The fourth-order valence-electron chi connectivity index (χ4n) is 3.68. The van der Waals surface area contributed by atoms with Crippen LogP contribution in [0, 0.1) is 20.8 Å². The van der Waals surface area contributed by atoms with E-state index in [0.29, 0.717) is 11.1 Å². The number of hydrazone groups is 2. The highest BCUT2D eigenvalue weighted by atomic mass is 16.2. The first-order valence-corrected chi connectivity index (χ1v) is 11.9. The lowest BCUT2D eigenvalue weighted by Gasteiger charge is -2.06. The van der Waals surface area contributed by atoms with Crippen molar-refractivity contribution in [3.8, 4) is 11.1 Å². The molecule has 0 aromatic heterocycles. The third-order valence-electron chi connectivity index (χ3n) is 5.96. The van der Waals surface area contributed by atoms with Crippen molar-refractivity contribution in [2.24, 2.45) is 10.2 Å². The van der Waals surface area contributed by atoms with Crippen LogP contribution in [0.4, 0.5) is 0 Å². The number of nitrogens with one attached hydrogen (secondary N) is 2. The van der Waals surface area contributed by atoms with Gasteiger partial charge in [0.2, 0.25) is 0 Å². The van der Waals surface area contributed by atoms with Crippen molar-refractivity contribution in [1.29, 1.82) is 0 Å². The highest BCUT2D eigenvalue weighted by molar-refractivity contribution is 5.96. The van der Waals surface area contributed by atoms with Gasteiger partial charge in [0.25, 0.3) is 11.8 Å². The Morgan fingerprint density at radius 1 is 0.595 bits per heavy atom. The molecule has 0 radical (unpaired) electrons. The number of aryl methyl sites for hydroxylation is 3. The highest BCUT2D eigenvalue weighted by Crippen LogP contribution is 2.20. The van der Waals surface area contributed by atoms with E-state index in [0.717, 1.165) is 27.8 Å². The molecule has 0 aliphatic heterocycles. The summed E-state index contributed by atoms with van der Waals surface area (Å²) in [6, 6.07) is 28.3. The normalized spacial score (nSPS) is 11.1. The lowest BCUT2D eigenvalue weighted by Crippen LogP contribution is -2.17. The van der Waals surface area contributed by atoms with E-state index in [1.807, 2.05) is 80.6 Å². The molecule has 0 atom stereocenters. The topological polar surface area (TPSA) is 82.9 Å². The van der Waals surface area contributed by atoms with Crippen molar-refractivity contribution in [1.82, 2.24) is 10.9 Å². The molecule has 37 heavy (non-hydrogen) atoms. The van der Waals surface area contributed by atoms with Crippen LogP contribution in [-0.2, 0) is 0 Å². The van der Waals surface area contributed by atoms with E-state index in [2.05, 4.69) is 28.0 Å². The van der Waals surface area contributed by atoms with Crippen LogP contribution >= 0.6 is 0 Å². The molecule has 0 bridgehead atoms. The minimum atomic E-state index is -0.288. The summed E-state index contributed by atoms with van der Waals surface area (Å²) >= 11 is 0. The second kappa shape index (κ2) is 11.7. The summed E-state index contributed by atoms with van der Waals surface area (Å²) in [4.78, 5) is 24.8. The van der Waals surface area contributed by atoms with Gasteiger partial charge in [0.1, 0.15) is 0 Å². The summed E-state index contributed by atoms with van der Waals surface area (Å²) in [5.41, 5.74) is 13.3. The van der Waals surface area contributed by atoms with Crippen LogP contribution in [0.3, 0.4) is 0 Å². The summed E-state index contributed by atoms with van der Waals surface area (Å²) in [5, 5.41) is 8.10.